The van der Waals surface area contributed by atoms with E-state index in [1.165, 1.54) is 18.4 Å². The summed E-state index contributed by atoms with van der Waals surface area (Å²) in [6, 6.07) is 3.07. The lowest BCUT2D eigenvalue weighted by atomic mass is 9.77. The van der Waals surface area contributed by atoms with E-state index in [9.17, 15) is 13.5 Å². The molecule has 1 aromatic rings. The third-order valence-corrected chi connectivity index (χ3v) is 5.12. The van der Waals surface area contributed by atoms with E-state index in [1.807, 2.05) is 0 Å². The summed E-state index contributed by atoms with van der Waals surface area (Å²) < 4.78 is 23.9. The zero-order chi connectivity index (χ0) is 14.3. The van der Waals surface area contributed by atoms with Gasteiger partial charge in [0, 0.05) is 11.8 Å². The van der Waals surface area contributed by atoms with E-state index in [2.05, 4.69) is 0 Å². The molecule has 106 valence electrons. The van der Waals surface area contributed by atoms with Crippen LogP contribution in [0.2, 0.25) is 0 Å². The highest BCUT2D eigenvalue weighted by Gasteiger charge is 2.34. The minimum atomic E-state index is -3.35. The molecule has 2 rings (SSSR count). The normalized spacial score (nSPS) is 19.3. The molecule has 0 amide bonds. The van der Waals surface area contributed by atoms with Crippen molar-refractivity contribution in [1.82, 2.24) is 0 Å². The fourth-order valence-electron chi connectivity index (χ4n) is 2.82. The molecule has 0 heterocycles. The van der Waals surface area contributed by atoms with Gasteiger partial charge in [0.05, 0.1) is 4.90 Å². The first-order chi connectivity index (χ1) is 8.74. The summed E-state index contributed by atoms with van der Waals surface area (Å²) in [6.07, 6.45) is 5.83. The molecule has 1 aromatic carbocycles. The van der Waals surface area contributed by atoms with Crippen LogP contribution in [0.3, 0.4) is 0 Å². The van der Waals surface area contributed by atoms with Gasteiger partial charge in [0.25, 0.3) is 0 Å². The standard InChI is InChI=1S/C14H21NO3S/c1-10-8-13(19(2,17)18)11(9-12(10)16)14(15)6-4-3-5-7-14/h8-9,16H,3-7,15H2,1-2H3. The molecule has 4 nitrogen and oxygen atoms in total. The molecule has 0 bridgehead atoms. The Labute approximate surface area is 114 Å². The lowest BCUT2D eigenvalue weighted by Gasteiger charge is -2.35. The molecular formula is C14H21NO3S. The molecule has 19 heavy (non-hydrogen) atoms. The number of benzene rings is 1. The Balaban J connectivity index is 2.64. The zero-order valence-electron chi connectivity index (χ0n) is 11.4. The summed E-state index contributed by atoms with van der Waals surface area (Å²) in [6.45, 7) is 1.69. The van der Waals surface area contributed by atoms with Gasteiger partial charge in [-0.05, 0) is 43.0 Å². The Kier molecular flexibility index (Phi) is 3.62. The van der Waals surface area contributed by atoms with E-state index in [4.69, 9.17) is 5.73 Å². The highest BCUT2D eigenvalue weighted by Crippen LogP contribution is 2.40. The smallest absolute Gasteiger partial charge is 0.175 e. The molecule has 0 aliphatic heterocycles. The summed E-state index contributed by atoms with van der Waals surface area (Å²) in [5.41, 5.74) is 6.91. The first-order valence-corrected chi connectivity index (χ1v) is 8.46. The molecule has 1 saturated carbocycles. The average Bonchev–Trinajstić information content (AvgIpc) is 2.31. The van der Waals surface area contributed by atoms with Crippen LogP contribution in [0.5, 0.6) is 5.75 Å². The summed E-state index contributed by atoms with van der Waals surface area (Å²) in [4.78, 5) is 0.257. The van der Waals surface area contributed by atoms with Gasteiger partial charge in [-0.15, -0.1) is 0 Å². The molecule has 0 unspecified atom stereocenters. The van der Waals surface area contributed by atoms with Gasteiger partial charge in [-0.2, -0.15) is 0 Å². The van der Waals surface area contributed by atoms with Crippen molar-refractivity contribution >= 4 is 9.84 Å². The Bertz CT molecular complexity index is 587. The fraction of sp³-hybridized carbons (Fsp3) is 0.571. The average molecular weight is 283 g/mol. The lowest BCUT2D eigenvalue weighted by Crippen LogP contribution is -2.39. The van der Waals surface area contributed by atoms with E-state index in [1.54, 1.807) is 6.92 Å². The number of nitrogens with two attached hydrogens (primary N) is 1. The molecule has 1 fully saturated rings. The second-order valence-corrected chi connectivity index (χ2v) is 7.61. The number of hydrogen-bond acceptors (Lipinski definition) is 4. The van der Waals surface area contributed by atoms with Crippen molar-refractivity contribution in [3.63, 3.8) is 0 Å². The maximum absolute atomic E-state index is 12.0. The Morgan fingerprint density at radius 3 is 2.32 bits per heavy atom. The van der Waals surface area contributed by atoms with Crippen LogP contribution < -0.4 is 5.73 Å². The topological polar surface area (TPSA) is 80.4 Å². The van der Waals surface area contributed by atoms with Crippen LogP contribution in [0.15, 0.2) is 17.0 Å². The monoisotopic (exact) mass is 283 g/mol. The second-order valence-electron chi connectivity index (χ2n) is 5.62. The predicted octanol–water partition coefficient (Wildman–Crippen LogP) is 2.22. The number of sulfone groups is 1. The third-order valence-electron chi connectivity index (χ3n) is 3.98. The van der Waals surface area contributed by atoms with Crippen LogP contribution in [0.1, 0.15) is 43.2 Å². The molecule has 0 spiro atoms. The van der Waals surface area contributed by atoms with Crippen LogP contribution in [0.25, 0.3) is 0 Å². The van der Waals surface area contributed by atoms with Crippen LogP contribution in [-0.2, 0) is 15.4 Å². The van der Waals surface area contributed by atoms with Crippen LogP contribution in [0.4, 0.5) is 0 Å². The van der Waals surface area contributed by atoms with Crippen molar-refractivity contribution in [2.75, 3.05) is 6.26 Å². The first-order valence-electron chi connectivity index (χ1n) is 6.57. The highest BCUT2D eigenvalue weighted by molar-refractivity contribution is 7.90. The molecule has 0 aromatic heterocycles. The van der Waals surface area contributed by atoms with Crippen LogP contribution >= 0.6 is 0 Å². The minimum absolute atomic E-state index is 0.109. The van der Waals surface area contributed by atoms with Gasteiger partial charge in [-0.3, -0.25) is 0 Å². The van der Waals surface area contributed by atoms with Gasteiger partial charge in [0.15, 0.2) is 9.84 Å². The second kappa shape index (κ2) is 4.80. The van der Waals surface area contributed by atoms with Gasteiger partial charge in [-0.25, -0.2) is 8.42 Å². The molecule has 1 aliphatic rings. The fourth-order valence-corrected chi connectivity index (χ4v) is 3.87. The first kappa shape index (κ1) is 14.3. The predicted molar refractivity (Wildman–Crippen MR) is 74.9 cm³/mol. The molecule has 0 radical (unpaired) electrons. The number of phenols is 1. The third kappa shape index (κ3) is 2.77. The van der Waals surface area contributed by atoms with Gasteiger partial charge >= 0.3 is 0 Å². The molecule has 0 saturated heterocycles. The summed E-state index contributed by atoms with van der Waals surface area (Å²) in [5.74, 6) is 0.109. The number of aryl methyl sites for hydroxylation is 1. The number of hydrogen-bond donors (Lipinski definition) is 2. The summed E-state index contributed by atoms with van der Waals surface area (Å²) in [7, 11) is -3.35. The number of rotatable bonds is 2. The Morgan fingerprint density at radius 1 is 1.21 bits per heavy atom. The lowest BCUT2D eigenvalue weighted by molar-refractivity contribution is 0.296. The quantitative estimate of drug-likeness (QED) is 0.872. The van der Waals surface area contributed by atoms with Crippen molar-refractivity contribution in [2.45, 2.75) is 49.5 Å². The van der Waals surface area contributed by atoms with Crippen molar-refractivity contribution in [2.24, 2.45) is 5.73 Å². The Hall–Kier alpha value is -1.07. The van der Waals surface area contributed by atoms with E-state index in [0.29, 0.717) is 11.1 Å². The van der Waals surface area contributed by atoms with Crippen molar-refractivity contribution in [3.05, 3.63) is 23.3 Å². The summed E-state index contributed by atoms with van der Waals surface area (Å²) >= 11 is 0. The van der Waals surface area contributed by atoms with E-state index in [-0.39, 0.29) is 10.6 Å². The zero-order valence-corrected chi connectivity index (χ0v) is 12.3. The maximum Gasteiger partial charge on any atom is 0.175 e. The molecule has 5 heteroatoms. The number of aromatic hydroxyl groups is 1. The van der Waals surface area contributed by atoms with Crippen LogP contribution in [0, 0.1) is 6.92 Å². The van der Waals surface area contributed by atoms with Crippen LogP contribution in [-0.4, -0.2) is 19.8 Å². The van der Waals surface area contributed by atoms with E-state index in [0.717, 1.165) is 32.1 Å². The van der Waals surface area contributed by atoms with Crippen molar-refractivity contribution < 1.29 is 13.5 Å². The van der Waals surface area contributed by atoms with Gasteiger partial charge < -0.3 is 10.8 Å². The van der Waals surface area contributed by atoms with Gasteiger partial charge in [-0.1, -0.05) is 19.3 Å². The van der Waals surface area contributed by atoms with Crippen molar-refractivity contribution in [1.29, 1.82) is 0 Å². The molecule has 0 atom stereocenters. The maximum atomic E-state index is 12.0. The largest absolute Gasteiger partial charge is 0.508 e. The molecule has 1 aliphatic carbocycles. The number of phenolic OH excluding ortho intramolecular Hbond substituents is 1. The molecule has 3 N–H and O–H groups in total. The summed E-state index contributed by atoms with van der Waals surface area (Å²) in [5, 5.41) is 9.88. The van der Waals surface area contributed by atoms with E-state index >= 15 is 0 Å². The Morgan fingerprint density at radius 2 is 1.79 bits per heavy atom. The minimum Gasteiger partial charge on any atom is -0.508 e. The SMILES string of the molecule is Cc1cc(S(C)(=O)=O)c(C2(N)CCCCC2)cc1O. The van der Waals surface area contributed by atoms with E-state index < -0.39 is 15.4 Å². The van der Waals surface area contributed by atoms with Gasteiger partial charge in [0.2, 0.25) is 0 Å². The van der Waals surface area contributed by atoms with Gasteiger partial charge in [0.1, 0.15) is 5.75 Å². The van der Waals surface area contributed by atoms with Crippen molar-refractivity contribution in [3.8, 4) is 5.75 Å². The highest BCUT2D eigenvalue weighted by atomic mass is 32.2. The molecular weight excluding hydrogens is 262 g/mol.